The molecule has 0 bridgehead atoms. The van der Waals surface area contributed by atoms with Gasteiger partial charge in [-0.3, -0.25) is 13.8 Å². The molecule has 0 aliphatic heterocycles. The van der Waals surface area contributed by atoms with Gasteiger partial charge in [0, 0.05) is 19.6 Å². The van der Waals surface area contributed by atoms with E-state index in [-0.39, 0.29) is 32.3 Å². The van der Waals surface area contributed by atoms with E-state index in [9.17, 15) is 14.3 Å². The molecular formula is C49H94NO7P. The molecule has 3 N–H and O–H groups in total. The average molecular weight is 840 g/mol. The van der Waals surface area contributed by atoms with Crippen molar-refractivity contribution in [3.05, 3.63) is 36.5 Å². The predicted molar refractivity (Wildman–Crippen MR) is 247 cm³/mol. The van der Waals surface area contributed by atoms with E-state index >= 15 is 0 Å². The smallest absolute Gasteiger partial charge is 0.457 e. The lowest BCUT2D eigenvalue weighted by atomic mass is 10.0. The maximum absolute atomic E-state index is 12.6. The molecule has 0 amide bonds. The number of carbonyl (C=O) groups is 1. The van der Waals surface area contributed by atoms with Crippen molar-refractivity contribution in [2.24, 2.45) is 5.73 Å². The summed E-state index contributed by atoms with van der Waals surface area (Å²) in [6.45, 7) is 4.84. The molecule has 8 nitrogen and oxygen atoms in total. The van der Waals surface area contributed by atoms with Crippen molar-refractivity contribution in [1.82, 2.24) is 0 Å². The monoisotopic (exact) mass is 840 g/mol. The van der Waals surface area contributed by atoms with Crippen LogP contribution in [0.25, 0.3) is 0 Å². The van der Waals surface area contributed by atoms with Crippen molar-refractivity contribution >= 4 is 13.8 Å². The third-order valence-corrected chi connectivity index (χ3v) is 11.6. The number of rotatable bonds is 47. The Balaban J connectivity index is 3.94. The van der Waals surface area contributed by atoms with Gasteiger partial charge in [0.15, 0.2) is 0 Å². The highest BCUT2D eigenvalue weighted by molar-refractivity contribution is 7.47. The van der Waals surface area contributed by atoms with Gasteiger partial charge < -0.3 is 20.1 Å². The number of esters is 1. The van der Waals surface area contributed by atoms with Crippen LogP contribution < -0.4 is 5.73 Å². The van der Waals surface area contributed by atoms with E-state index in [0.717, 1.165) is 51.4 Å². The number of phosphoric ester groups is 1. The van der Waals surface area contributed by atoms with Crippen LogP contribution in [0.1, 0.15) is 232 Å². The molecule has 0 rings (SSSR count). The van der Waals surface area contributed by atoms with Gasteiger partial charge in [0.2, 0.25) is 0 Å². The summed E-state index contributed by atoms with van der Waals surface area (Å²) in [5.74, 6) is -0.329. The zero-order valence-corrected chi connectivity index (χ0v) is 38.9. The summed E-state index contributed by atoms with van der Waals surface area (Å²) in [6.07, 6.45) is 54.6. The van der Waals surface area contributed by atoms with Crippen molar-refractivity contribution < 1.29 is 32.8 Å². The highest BCUT2D eigenvalue weighted by atomic mass is 31.2. The van der Waals surface area contributed by atoms with Gasteiger partial charge >= 0.3 is 13.8 Å². The molecule has 0 radical (unpaired) electrons. The minimum atomic E-state index is -4.28. The lowest BCUT2D eigenvalue weighted by molar-refractivity contribution is -0.154. The Hall–Kier alpha value is -1.28. The second-order valence-corrected chi connectivity index (χ2v) is 17.8. The van der Waals surface area contributed by atoms with Crippen molar-refractivity contribution in [2.45, 2.75) is 238 Å². The Kier molecular flexibility index (Phi) is 45.7. The van der Waals surface area contributed by atoms with Gasteiger partial charge in [-0.25, -0.2) is 4.57 Å². The lowest BCUT2D eigenvalue weighted by Crippen LogP contribution is -2.28. The van der Waals surface area contributed by atoms with Crippen molar-refractivity contribution in [3.8, 4) is 0 Å². The number of nitrogens with two attached hydrogens (primary N) is 1. The first kappa shape index (κ1) is 56.7. The van der Waals surface area contributed by atoms with Gasteiger partial charge in [-0.15, -0.1) is 0 Å². The first-order chi connectivity index (χ1) is 28.4. The fraction of sp³-hybridized carbons (Fsp3) is 0.857. The second-order valence-electron chi connectivity index (χ2n) is 16.3. The number of hydrogen-bond acceptors (Lipinski definition) is 7. The number of unbranched alkanes of at least 4 members (excludes halogenated alkanes) is 28. The summed E-state index contributed by atoms with van der Waals surface area (Å²) in [4.78, 5) is 22.6. The topological polar surface area (TPSA) is 117 Å². The van der Waals surface area contributed by atoms with Crippen LogP contribution in [0, 0.1) is 0 Å². The predicted octanol–water partition coefficient (Wildman–Crippen LogP) is 15.0. The molecule has 342 valence electrons. The highest BCUT2D eigenvalue weighted by Gasteiger charge is 2.25. The van der Waals surface area contributed by atoms with Crippen LogP contribution in [0.3, 0.4) is 0 Å². The normalized spacial score (nSPS) is 13.7. The van der Waals surface area contributed by atoms with Gasteiger partial charge in [-0.2, -0.15) is 0 Å². The fourth-order valence-corrected chi connectivity index (χ4v) is 7.78. The van der Waals surface area contributed by atoms with Gasteiger partial charge in [-0.1, -0.05) is 217 Å². The Morgan fingerprint density at radius 3 is 1.45 bits per heavy atom. The molecule has 0 aliphatic rings. The minimum Gasteiger partial charge on any atom is -0.457 e. The summed E-state index contributed by atoms with van der Waals surface area (Å²) in [5, 5.41) is 0. The average Bonchev–Trinajstić information content (AvgIpc) is 3.21. The maximum atomic E-state index is 12.6. The van der Waals surface area contributed by atoms with Crippen LogP contribution in [0.4, 0.5) is 0 Å². The molecule has 2 unspecified atom stereocenters. The van der Waals surface area contributed by atoms with Gasteiger partial charge in [0.25, 0.3) is 0 Å². The van der Waals surface area contributed by atoms with Crippen LogP contribution in [-0.4, -0.2) is 49.9 Å². The molecule has 2 atom stereocenters. The van der Waals surface area contributed by atoms with E-state index in [0.29, 0.717) is 13.0 Å². The summed E-state index contributed by atoms with van der Waals surface area (Å²) in [7, 11) is -4.28. The summed E-state index contributed by atoms with van der Waals surface area (Å²) >= 11 is 0. The maximum Gasteiger partial charge on any atom is 0.472 e. The van der Waals surface area contributed by atoms with E-state index in [1.165, 1.54) is 161 Å². The standard InChI is InChI=1S/C49H94NO7P/c1-3-5-7-9-11-13-15-17-19-21-23-24-25-26-28-30-32-34-36-38-40-42-49(51)57-48(47-56-58(52,53)55-45-43-50)46-54-44-41-39-37-35-33-31-29-27-22-20-18-16-14-12-10-8-6-4-2/h6,8,12,14,18,20,48H,3-5,7,9-11,13,15-17,19,21-47,50H2,1-2H3,(H,52,53)/b8-6-,14-12-,20-18-. The van der Waals surface area contributed by atoms with Crippen molar-refractivity contribution in [1.29, 1.82) is 0 Å². The van der Waals surface area contributed by atoms with Crippen molar-refractivity contribution in [2.75, 3.05) is 33.0 Å². The first-order valence-electron chi connectivity index (χ1n) is 24.5. The molecule has 0 aromatic carbocycles. The molecule has 0 aliphatic carbocycles. The van der Waals surface area contributed by atoms with Crippen LogP contribution in [0.2, 0.25) is 0 Å². The number of phosphoric acid groups is 1. The Labute approximate surface area is 358 Å². The van der Waals surface area contributed by atoms with Gasteiger partial charge in [0.1, 0.15) is 6.10 Å². The number of ether oxygens (including phenoxy) is 2. The number of hydrogen-bond donors (Lipinski definition) is 2. The van der Waals surface area contributed by atoms with Gasteiger partial charge in [0.05, 0.1) is 19.8 Å². The van der Waals surface area contributed by atoms with Crippen LogP contribution in [-0.2, 0) is 27.9 Å². The van der Waals surface area contributed by atoms with E-state index in [1.807, 2.05) is 0 Å². The van der Waals surface area contributed by atoms with Crippen molar-refractivity contribution in [3.63, 3.8) is 0 Å². The Morgan fingerprint density at radius 1 is 0.534 bits per heavy atom. The molecule has 0 saturated heterocycles. The molecular weight excluding hydrogens is 746 g/mol. The lowest BCUT2D eigenvalue weighted by Gasteiger charge is -2.20. The molecule has 0 spiro atoms. The molecule has 58 heavy (non-hydrogen) atoms. The SMILES string of the molecule is CC/C=C\C/C=C\C/C=C\CCCCCCCCCCOCC(COP(=O)(O)OCCN)OC(=O)CCCCCCCCCCCCCCCCCCCCCCC. The fourth-order valence-electron chi connectivity index (χ4n) is 7.01. The third kappa shape index (κ3) is 45.8. The molecule has 0 aromatic heterocycles. The zero-order valence-electron chi connectivity index (χ0n) is 38.0. The largest absolute Gasteiger partial charge is 0.472 e. The number of allylic oxidation sites excluding steroid dienone is 6. The third-order valence-electron chi connectivity index (χ3n) is 10.6. The van der Waals surface area contributed by atoms with Crippen LogP contribution >= 0.6 is 7.82 Å². The van der Waals surface area contributed by atoms with E-state index in [2.05, 4.69) is 50.3 Å². The zero-order chi connectivity index (χ0) is 42.3. The Morgan fingerprint density at radius 2 is 0.966 bits per heavy atom. The summed E-state index contributed by atoms with van der Waals surface area (Å²) in [5.41, 5.74) is 5.38. The van der Waals surface area contributed by atoms with Crippen LogP contribution in [0.15, 0.2) is 36.5 Å². The molecule has 9 heteroatoms. The molecule has 0 fully saturated rings. The first-order valence-corrected chi connectivity index (χ1v) is 26.0. The van der Waals surface area contributed by atoms with E-state index < -0.39 is 13.9 Å². The molecule has 0 saturated carbocycles. The van der Waals surface area contributed by atoms with E-state index in [4.69, 9.17) is 24.3 Å². The Bertz CT molecular complexity index is 988. The van der Waals surface area contributed by atoms with Crippen LogP contribution in [0.5, 0.6) is 0 Å². The van der Waals surface area contributed by atoms with E-state index in [1.54, 1.807) is 0 Å². The van der Waals surface area contributed by atoms with Gasteiger partial charge in [-0.05, 0) is 44.9 Å². The highest BCUT2D eigenvalue weighted by Crippen LogP contribution is 2.43. The molecule has 0 aromatic rings. The summed E-state index contributed by atoms with van der Waals surface area (Å²) < 4.78 is 33.5. The quantitative estimate of drug-likeness (QED) is 0.0269. The summed E-state index contributed by atoms with van der Waals surface area (Å²) in [6, 6.07) is 0. The number of carbonyl (C=O) groups excluding carboxylic acids is 1. The second kappa shape index (κ2) is 46.8. The minimum absolute atomic E-state index is 0.0959. The molecule has 0 heterocycles.